The van der Waals surface area contributed by atoms with E-state index in [0.717, 1.165) is 19.1 Å². The third-order valence-corrected chi connectivity index (χ3v) is 0.935. The molecule has 0 aromatic carbocycles. The summed E-state index contributed by atoms with van der Waals surface area (Å²) in [6.07, 6.45) is 1.76. The van der Waals surface area contributed by atoms with Gasteiger partial charge in [-0.15, -0.1) is 0 Å². The molecule has 0 saturated carbocycles. The average Bonchev–Trinajstić information content (AvgIpc) is 1.89. The Labute approximate surface area is 62.2 Å². The second-order valence-electron chi connectivity index (χ2n) is 2.07. The summed E-state index contributed by atoms with van der Waals surface area (Å²) >= 11 is 0. The summed E-state index contributed by atoms with van der Waals surface area (Å²) in [4.78, 5) is 21.1. The SMILES string of the molecule is CC1(O)OC(=O)C=CC(=O)O1. The van der Waals surface area contributed by atoms with Gasteiger partial charge in [-0.2, -0.15) is 0 Å². The van der Waals surface area contributed by atoms with Crippen LogP contribution in [0.1, 0.15) is 6.92 Å². The Morgan fingerprint density at radius 3 is 2.00 bits per heavy atom. The molecular weight excluding hydrogens is 152 g/mol. The van der Waals surface area contributed by atoms with E-state index in [1.807, 2.05) is 0 Å². The van der Waals surface area contributed by atoms with Gasteiger partial charge in [-0.1, -0.05) is 0 Å². The first kappa shape index (κ1) is 7.74. The smallest absolute Gasteiger partial charge is 0.370 e. The topological polar surface area (TPSA) is 72.8 Å². The monoisotopic (exact) mass is 158 g/mol. The van der Waals surface area contributed by atoms with Crippen molar-refractivity contribution in [2.24, 2.45) is 0 Å². The van der Waals surface area contributed by atoms with Gasteiger partial charge < -0.3 is 14.6 Å². The van der Waals surface area contributed by atoms with E-state index in [-0.39, 0.29) is 0 Å². The Bertz CT molecular complexity index is 205. The molecule has 0 radical (unpaired) electrons. The van der Waals surface area contributed by atoms with Gasteiger partial charge in [-0.25, -0.2) is 9.59 Å². The van der Waals surface area contributed by atoms with Gasteiger partial charge >= 0.3 is 17.9 Å². The highest BCUT2D eigenvalue weighted by atomic mass is 16.8. The number of carbonyl (C=O) groups is 2. The van der Waals surface area contributed by atoms with Crippen molar-refractivity contribution >= 4 is 11.9 Å². The van der Waals surface area contributed by atoms with Gasteiger partial charge in [-0.05, 0) is 0 Å². The lowest BCUT2D eigenvalue weighted by Gasteiger charge is -2.19. The molecule has 0 atom stereocenters. The minimum atomic E-state index is -2.16. The lowest BCUT2D eigenvalue weighted by molar-refractivity contribution is -0.308. The number of carbonyl (C=O) groups excluding carboxylic acids is 2. The fourth-order valence-electron chi connectivity index (χ4n) is 0.598. The molecule has 11 heavy (non-hydrogen) atoms. The van der Waals surface area contributed by atoms with E-state index in [1.54, 1.807) is 0 Å². The predicted octanol–water partition coefficient (Wildman–Crippen LogP) is -0.691. The third kappa shape index (κ3) is 2.05. The molecule has 0 aliphatic carbocycles. The zero-order chi connectivity index (χ0) is 8.48. The van der Waals surface area contributed by atoms with E-state index in [2.05, 4.69) is 9.47 Å². The molecule has 0 unspecified atom stereocenters. The summed E-state index contributed by atoms with van der Waals surface area (Å²) in [5, 5.41) is 8.97. The second kappa shape index (κ2) is 2.35. The average molecular weight is 158 g/mol. The van der Waals surface area contributed by atoms with Gasteiger partial charge in [-0.3, -0.25) is 0 Å². The van der Waals surface area contributed by atoms with Crippen LogP contribution >= 0.6 is 0 Å². The molecule has 60 valence electrons. The Morgan fingerprint density at radius 1 is 1.27 bits per heavy atom. The highest BCUT2D eigenvalue weighted by Crippen LogP contribution is 2.11. The van der Waals surface area contributed by atoms with Crippen LogP contribution in [0.2, 0.25) is 0 Å². The summed E-state index contributed by atoms with van der Waals surface area (Å²) in [5.74, 6) is -3.79. The maximum absolute atomic E-state index is 10.5. The second-order valence-corrected chi connectivity index (χ2v) is 2.07. The zero-order valence-electron chi connectivity index (χ0n) is 5.73. The van der Waals surface area contributed by atoms with Crippen molar-refractivity contribution in [3.05, 3.63) is 12.2 Å². The Kier molecular flexibility index (Phi) is 1.66. The molecule has 1 aliphatic rings. The quantitative estimate of drug-likeness (QED) is 0.472. The van der Waals surface area contributed by atoms with Crippen molar-refractivity contribution in [3.8, 4) is 0 Å². The van der Waals surface area contributed by atoms with Crippen molar-refractivity contribution in [2.45, 2.75) is 12.9 Å². The van der Waals surface area contributed by atoms with Crippen molar-refractivity contribution in [1.82, 2.24) is 0 Å². The first-order chi connectivity index (χ1) is 4.99. The van der Waals surface area contributed by atoms with E-state index >= 15 is 0 Å². The molecule has 0 aromatic heterocycles. The highest BCUT2D eigenvalue weighted by molar-refractivity contribution is 5.93. The standard InChI is InChI=1S/C6H6O5/c1-6(9)10-4(7)2-3-5(8)11-6/h2-3,9H,1H3. The summed E-state index contributed by atoms with van der Waals surface area (Å²) in [5.41, 5.74) is 0. The normalized spacial score (nSPS) is 22.0. The molecule has 1 rings (SSSR count). The van der Waals surface area contributed by atoms with Gasteiger partial charge in [0.2, 0.25) is 0 Å². The lowest BCUT2D eigenvalue weighted by atomic mass is 10.5. The molecule has 0 bridgehead atoms. The van der Waals surface area contributed by atoms with Gasteiger partial charge in [0, 0.05) is 19.1 Å². The van der Waals surface area contributed by atoms with Gasteiger partial charge in [0.25, 0.3) is 0 Å². The number of cyclic esters (lactones) is 2. The van der Waals surface area contributed by atoms with E-state index in [0.29, 0.717) is 0 Å². The van der Waals surface area contributed by atoms with Gasteiger partial charge in [0.15, 0.2) is 0 Å². The zero-order valence-corrected chi connectivity index (χ0v) is 5.73. The van der Waals surface area contributed by atoms with Crippen LogP contribution < -0.4 is 0 Å². The highest BCUT2D eigenvalue weighted by Gasteiger charge is 2.31. The Morgan fingerprint density at radius 2 is 1.64 bits per heavy atom. The van der Waals surface area contributed by atoms with Crippen molar-refractivity contribution < 1.29 is 24.2 Å². The number of aliphatic hydroxyl groups is 1. The summed E-state index contributed by atoms with van der Waals surface area (Å²) in [6.45, 7) is 1.05. The van der Waals surface area contributed by atoms with E-state index < -0.39 is 17.9 Å². The number of esters is 2. The van der Waals surface area contributed by atoms with Crippen LogP contribution in [0.5, 0.6) is 0 Å². The molecule has 1 heterocycles. The van der Waals surface area contributed by atoms with Crippen LogP contribution in [-0.4, -0.2) is 23.0 Å². The summed E-state index contributed by atoms with van der Waals surface area (Å²) in [6, 6.07) is 0. The summed E-state index contributed by atoms with van der Waals surface area (Å²) in [7, 11) is 0. The van der Waals surface area contributed by atoms with E-state index in [9.17, 15) is 9.59 Å². The molecule has 1 aliphatic heterocycles. The first-order valence-electron chi connectivity index (χ1n) is 2.86. The Balaban J connectivity index is 2.82. The van der Waals surface area contributed by atoms with E-state index in [4.69, 9.17) is 5.11 Å². The van der Waals surface area contributed by atoms with Crippen molar-refractivity contribution in [1.29, 1.82) is 0 Å². The number of hydrogen-bond donors (Lipinski definition) is 1. The first-order valence-corrected chi connectivity index (χ1v) is 2.86. The van der Waals surface area contributed by atoms with Crippen LogP contribution in [0.15, 0.2) is 12.2 Å². The lowest BCUT2D eigenvalue weighted by Crippen LogP contribution is -2.34. The molecule has 0 spiro atoms. The maximum Gasteiger partial charge on any atom is 0.370 e. The number of hydrogen-bond acceptors (Lipinski definition) is 5. The molecule has 5 nitrogen and oxygen atoms in total. The third-order valence-electron chi connectivity index (χ3n) is 0.935. The molecule has 0 fully saturated rings. The minimum Gasteiger partial charge on any atom is -0.395 e. The van der Waals surface area contributed by atoms with Gasteiger partial charge in [0.05, 0.1) is 0 Å². The van der Waals surface area contributed by atoms with Gasteiger partial charge in [0.1, 0.15) is 0 Å². The molecule has 5 heteroatoms. The summed E-state index contributed by atoms with van der Waals surface area (Å²) < 4.78 is 8.51. The van der Waals surface area contributed by atoms with E-state index in [1.165, 1.54) is 0 Å². The number of ether oxygens (including phenoxy) is 2. The maximum atomic E-state index is 10.5. The predicted molar refractivity (Wildman–Crippen MR) is 31.9 cm³/mol. The minimum absolute atomic E-state index is 0.819. The van der Waals surface area contributed by atoms with Crippen molar-refractivity contribution in [3.63, 3.8) is 0 Å². The number of rotatable bonds is 0. The van der Waals surface area contributed by atoms with Crippen LogP contribution in [-0.2, 0) is 19.1 Å². The van der Waals surface area contributed by atoms with Crippen LogP contribution in [0, 0.1) is 0 Å². The fourth-order valence-corrected chi connectivity index (χ4v) is 0.598. The largest absolute Gasteiger partial charge is 0.395 e. The Hall–Kier alpha value is -1.36. The van der Waals surface area contributed by atoms with Crippen LogP contribution in [0.4, 0.5) is 0 Å². The molecule has 1 N–H and O–H groups in total. The molecule has 0 aromatic rings. The molecule has 0 amide bonds. The molecule has 0 saturated heterocycles. The fraction of sp³-hybridized carbons (Fsp3) is 0.333. The van der Waals surface area contributed by atoms with Crippen LogP contribution in [0.3, 0.4) is 0 Å². The molecular formula is C6H6O5. The van der Waals surface area contributed by atoms with Crippen molar-refractivity contribution in [2.75, 3.05) is 0 Å². The van der Waals surface area contributed by atoms with Crippen LogP contribution in [0.25, 0.3) is 0 Å².